The Labute approximate surface area is 136 Å². The molecule has 0 amide bonds. The summed E-state index contributed by atoms with van der Waals surface area (Å²) in [6, 6.07) is 9.99. The topological polar surface area (TPSA) is 35.1 Å². The second kappa shape index (κ2) is 5.50. The fourth-order valence-corrected chi connectivity index (χ4v) is 4.32. The van der Waals surface area contributed by atoms with Crippen LogP contribution >= 0.6 is 43.2 Å². The van der Waals surface area contributed by atoms with E-state index in [1.165, 1.54) is 4.88 Å². The van der Waals surface area contributed by atoms with E-state index in [0.717, 1.165) is 14.9 Å². The predicted octanol–water partition coefficient (Wildman–Crippen LogP) is 4.92. The van der Waals surface area contributed by atoms with E-state index in [4.69, 9.17) is 4.42 Å². The van der Waals surface area contributed by atoms with E-state index in [1.807, 2.05) is 31.2 Å². The zero-order valence-corrected chi connectivity index (χ0v) is 14.6. The number of hydrogen-bond donors (Lipinski definition) is 0. The minimum atomic E-state index is -0.301. The Morgan fingerprint density at radius 2 is 2.15 bits per heavy atom. The van der Waals surface area contributed by atoms with Gasteiger partial charge < -0.3 is 4.42 Å². The first kappa shape index (κ1) is 14.1. The van der Waals surface area contributed by atoms with Crippen LogP contribution in [0.1, 0.15) is 22.2 Å². The Kier molecular flexibility index (Phi) is 3.88. The summed E-state index contributed by atoms with van der Waals surface area (Å²) in [4.78, 5) is 13.0. The van der Waals surface area contributed by atoms with E-state index in [9.17, 15) is 4.79 Å². The van der Waals surface area contributed by atoms with Gasteiger partial charge in [0.2, 0.25) is 0 Å². The maximum absolute atomic E-state index is 11.7. The largest absolute Gasteiger partial charge is 0.419 e. The van der Waals surface area contributed by atoms with E-state index in [0.29, 0.717) is 12.1 Å². The Morgan fingerprint density at radius 3 is 2.80 bits per heavy atom. The molecule has 0 aliphatic heterocycles. The third-order valence-electron chi connectivity index (χ3n) is 3.14. The van der Waals surface area contributed by atoms with Crippen molar-refractivity contribution in [3.05, 3.63) is 55.1 Å². The molecule has 0 bridgehead atoms. The zero-order valence-electron chi connectivity index (χ0n) is 10.6. The molecule has 0 aliphatic carbocycles. The van der Waals surface area contributed by atoms with Crippen LogP contribution in [0.15, 0.2) is 43.3 Å². The van der Waals surface area contributed by atoms with Gasteiger partial charge in [-0.25, -0.2) is 4.79 Å². The number of aromatic nitrogens is 1. The molecule has 0 saturated heterocycles. The maximum Gasteiger partial charge on any atom is 0.419 e. The van der Waals surface area contributed by atoms with Crippen LogP contribution in [0, 0.1) is 0 Å². The van der Waals surface area contributed by atoms with Crippen LogP contribution in [0.5, 0.6) is 0 Å². The summed E-state index contributed by atoms with van der Waals surface area (Å²) in [5.74, 6) is -0.301. The number of oxazole rings is 1. The summed E-state index contributed by atoms with van der Waals surface area (Å²) in [7, 11) is 0. The van der Waals surface area contributed by atoms with Gasteiger partial charge in [0.05, 0.1) is 14.1 Å². The average molecular weight is 417 g/mol. The Balaban J connectivity index is 2.07. The molecule has 2 aromatic heterocycles. The predicted molar refractivity (Wildman–Crippen MR) is 88.9 cm³/mol. The SMILES string of the molecule is CCn1c(=O)oc2cc(C(Br)c3ccc(Br)s3)ccc21. The van der Waals surface area contributed by atoms with Crippen molar-refractivity contribution < 1.29 is 4.42 Å². The van der Waals surface area contributed by atoms with Crippen molar-refractivity contribution in [3.8, 4) is 0 Å². The van der Waals surface area contributed by atoms with Gasteiger partial charge in [-0.1, -0.05) is 22.0 Å². The first-order valence-electron chi connectivity index (χ1n) is 6.12. The van der Waals surface area contributed by atoms with Crippen LogP contribution in [0.4, 0.5) is 0 Å². The Hall–Kier alpha value is -0.850. The molecule has 3 nitrogen and oxygen atoms in total. The van der Waals surface area contributed by atoms with Gasteiger partial charge in [-0.05, 0) is 52.7 Å². The monoisotopic (exact) mass is 415 g/mol. The second-order valence-corrected chi connectivity index (χ2v) is 7.75. The van der Waals surface area contributed by atoms with Crippen LogP contribution in [0.2, 0.25) is 0 Å². The van der Waals surface area contributed by atoms with Gasteiger partial charge in [0.1, 0.15) is 0 Å². The van der Waals surface area contributed by atoms with E-state index >= 15 is 0 Å². The van der Waals surface area contributed by atoms with Crippen molar-refractivity contribution in [2.45, 2.75) is 18.3 Å². The molecule has 6 heteroatoms. The summed E-state index contributed by atoms with van der Waals surface area (Å²) in [6.07, 6.45) is 0. The number of rotatable bonds is 3. The number of thiophene rings is 1. The fraction of sp³-hybridized carbons (Fsp3) is 0.214. The van der Waals surface area contributed by atoms with Crippen molar-refractivity contribution in [3.63, 3.8) is 0 Å². The molecule has 0 aliphatic rings. The first-order chi connectivity index (χ1) is 9.60. The van der Waals surface area contributed by atoms with Crippen LogP contribution in [-0.4, -0.2) is 4.57 Å². The minimum Gasteiger partial charge on any atom is -0.408 e. The molecule has 0 fully saturated rings. The number of benzene rings is 1. The Morgan fingerprint density at radius 1 is 1.35 bits per heavy atom. The van der Waals surface area contributed by atoms with Crippen molar-refractivity contribution >= 4 is 54.3 Å². The standard InChI is InChI=1S/C14H11Br2NO2S/c1-2-17-9-4-3-8(7-10(9)19-14(17)18)13(16)11-5-6-12(15)20-11/h3-7,13H,2H2,1H3. The molecule has 104 valence electrons. The van der Waals surface area contributed by atoms with Gasteiger partial charge in [-0.3, -0.25) is 4.57 Å². The molecular weight excluding hydrogens is 406 g/mol. The van der Waals surface area contributed by atoms with Crippen LogP contribution < -0.4 is 5.76 Å². The molecule has 3 rings (SSSR count). The molecule has 0 saturated carbocycles. The molecule has 1 unspecified atom stereocenters. The maximum atomic E-state index is 11.7. The highest BCUT2D eigenvalue weighted by atomic mass is 79.9. The van der Waals surface area contributed by atoms with Crippen LogP contribution in [0.25, 0.3) is 11.1 Å². The molecular formula is C14H11Br2NO2S. The molecule has 3 aromatic rings. The van der Waals surface area contributed by atoms with E-state index in [-0.39, 0.29) is 10.6 Å². The van der Waals surface area contributed by atoms with Gasteiger partial charge >= 0.3 is 5.76 Å². The number of hydrogen-bond acceptors (Lipinski definition) is 3. The number of nitrogens with zero attached hydrogens (tertiary/aromatic N) is 1. The molecule has 2 heterocycles. The third-order valence-corrected chi connectivity index (χ3v) is 6.16. The number of alkyl halides is 1. The molecule has 0 radical (unpaired) electrons. The summed E-state index contributed by atoms with van der Waals surface area (Å²) < 4.78 is 8.03. The lowest BCUT2D eigenvalue weighted by Gasteiger charge is -2.07. The fourth-order valence-electron chi connectivity index (χ4n) is 2.17. The Bertz CT molecular complexity index is 818. The smallest absolute Gasteiger partial charge is 0.408 e. The zero-order chi connectivity index (χ0) is 14.3. The van der Waals surface area contributed by atoms with Crippen LogP contribution in [-0.2, 0) is 6.54 Å². The quantitative estimate of drug-likeness (QED) is 0.567. The lowest BCUT2D eigenvalue weighted by atomic mass is 10.1. The highest BCUT2D eigenvalue weighted by Gasteiger charge is 2.15. The highest BCUT2D eigenvalue weighted by Crippen LogP contribution is 2.37. The van der Waals surface area contributed by atoms with Gasteiger partial charge in [-0.15, -0.1) is 11.3 Å². The molecule has 0 spiro atoms. The summed E-state index contributed by atoms with van der Waals surface area (Å²) in [6.45, 7) is 2.54. The van der Waals surface area contributed by atoms with Crippen molar-refractivity contribution in [2.24, 2.45) is 0 Å². The average Bonchev–Trinajstić information content (AvgIpc) is 2.99. The molecule has 0 N–H and O–H groups in total. The normalized spacial score (nSPS) is 12.9. The summed E-state index contributed by atoms with van der Waals surface area (Å²) in [5, 5.41) is 0. The lowest BCUT2D eigenvalue weighted by Crippen LogP contribution is -2.11. The van der Waals surface area contributed by atoms with Gasteiger partial charge in [0.15, 0.2) is 5.58 Å². The lowest BCUT2D eigenvalue weighted by molar-refractivity contribution is 0.513. The molecule has 1 atom stereocenters. The van der Waals surface area contributed by atoms with Gasteiger partial charge in [0, 0.05) is 11.4 Å². The van der Waals surface area contributed by atoms with Crippen molar-refractivity contribution in [1.82, 2.24) is 4.57 Å². The summed E-state index contributed by atoms with van der Waals surface area (Å²) in [5.41, 5.74) is 2.55. The number of fused-ring (bicyclic) bond motifs is 1. The highest BCUT2D eigenvalue weighted by molar-refractivity contribution is 9.11. The van der Waals surface area contributed by atoms with E-state index in [1.54, 1.807) is 15.9 Å². The second-order valence-electron chi connectivity index (χ2n) is 4.34. The van der Waals surface area contributed by atoms with Crippen molar-refractivity contribution in [1.29, 1.82) is 0 Å². The van der Waals surface area contributed by atoms with Gasteiger partial charge in [0.25, 0.3) is 0 Å². The molecule has 1 aromatic carbocycles. The van der Waals surface area contributed by atoms with Gasteiger partial charge in [-0.2, -0.15) is 0 Å². The summed E-state index contributed by atoms with van der Waals surface area (Å²) >= 11 is 8.85. The number of halogens is 2. The number of aryl methyl sites for hydroxylation is 1. The van der Waals surface area contributed by atoms with Crippen LogP contribution in [0.3, 0.4) is 0 Å². The van der Waals surface area contributed by atoms with E-state index in [2.05, 4.69) is 37.9 Å². The van der Waals surface area contributed by atoms with E-state index < -0.39 is 0 Å². The third kappa shape index (κ3) is 2.40. The first-order valence-corrected chi connectivity index (χ1v) is 8.65. The molecule has 20 heavy (non-hydrogen) atoms. The van der Waals surface area contributed by atoms with Crippen molar-refractivity contribution in [2.75, 3.05) is 0 Å². The minimum absolute atomic E-state index is 0.0958.